The van der Waals surface area contributed by atoms with Crippen molar-refractivity contribution in [1.29, 1.82) is 0 Å². The summed E-state index contributed by atoms with van der Waals surface area (Å²) in [5.41, 5.74) is 1.39. The second kappa shape index (κ2) is 6.91. The molecule has 1 atom stereocenters. The Bertz CT molecular complexity index is 1260. The molecule has 1 aromatic heterocycles. The first-order chi connectivity index (χ1) is 14.0. The Morgan fingerprint density at radius 2 is 2.03 bits per heavy atom. The van der Waals surface area contributed by atoms with Gasteiger partial charge < -0.3 is 4.18 Å². The number of sulfone groups is 1. The van der Waals surface area contributed by atoms with Crippen molar-refractivity contribution >= 4 is 25.7 Å². The quantitative estimate of drug-likeness (QED) is 0.487. The van der Waals surface area contributed by atoms with E-state index in [1.165, 1.54) is 30.1 Å². The van der Waals surface area contributed by atoms with Crippen LogP contribution in [0.2, 0.25) is 0 Å². The lowest BCUT2D eigenvalue weighted by Crippen LogP contribution is -2.29. The van der Waals surface area contributed by atoms with Gasteiger partial charge in [-0.1, -0.05) is 13.8 Å². The average molecular weight is 453 g/mol. The van der Waals surface area contributed by atoms with Crippen LogP contribution in [0.4, 0.5) is 0 Å². The summed E-state index contributed by atoms with van der Waals surface area (Å²) >= 11 is 0. The van der Waals surface area contributed by atoms with Crippen LogP contribution in [0.15, 0.2) is 23.2 Å². The fraction of sp³-hybridized carbons (Fsp3) is 0.500. The van der Waals surface area contributed by atoms with Crippen LogP contribution in [0.25, 0.3) is 0 Å². The largest absolute Gasteiger partial charge is 0.361 e. The Morgan fingerprint density at radius 3 is 2.73 bits per heavy atom. The molecule has 162 valence electrons. The molecule has 2 aromatic rings. The van der Waals surface area contributed by atoms with Crippen LogP contribution in [0.5, 0.6) is 5.88 Å². The third-order valence-electron chi connectivity index (χ3n) is 5.91. The van der Waals surface area contributed by atoms with E-state index in [-0.39, 0.29) is 22.9 Å². The molecule has 1 aromatic carbocycles. The second-order valence-corrected chi connectivity index (χ2v) is 11.9. The van der Waals surface area contributed by atoms with Crippen molar-refractivity contribution in [3.63, 3.8) is 0 Å². The number of hydrogen-bond acceptors (Lipinski definition) is 7. The molecule has 1 aliphatic heterocycles. The summed E-state index contributed by atoms with van der Waals surface area (Å²) in [6.45, 7) is 3.65. The smallest absolute Gasteiger partial charge is 0.310 e. The first-order valence-electron chi connectivity index (χ1n) is 9.87. The molecule has 2 heterocycles. The molecule has 1 aliphatic carbocycles. The summed E-state index contributed by atoms with van der Waals surface area (Å²) in [6, 6.07) is 3.03. The van der Waals surface area contributed by atoms with Gasteiger partial charge in [0.2, 0.25) is 5.88 Å². The first-order valence-corrected chi connectivity index (χ1v) is 13.1. The van der Waals surface area contributed by atoms with Crippen molar-refractivity contribution in [1.82, 2.24) is 9.78 Å². The number of nitrogens with zero attached hydrogens (tertiary/aromatic N) is 2. The zero-order valence-electron chi connectivity index (χ0n) is 17.1. The Labute approximate surface area is 176 Å². The van der Waals surface area contributed by atoms with Gasteiger partial charge in [-0.15, -0.1) is 0 Å². The highest BCUT2D eigenvalue weighted by atomic mass is 32.2. The van der Waals surface area contributed by atoms with Crippen molar-refractivity contribution in [3.05, 3.63) is 40.6 Å². The molecular formula is C20H24N2O6S2. The molecule has 10 heteroatoms. The molecule has 0 radical (unpaired) electrons. The highest BCUT2D eigenvalue weighted by Crippen LogP contribution is 2.49. The van der Waals surface area contributed by atoms with Crippen LogP contribution >= 0.6 is 0 Å². The van der Waals surface area contributed by atoms with Crippen LogP contribution in [-0.2, 0) is 38.8 Å². The Balaban J connectivity index is 1.83. The Hall–Kier alpha value is -2.20. The standard InChI is InChI=1S/C20H24N2O6S2/c1-4-10-30(26,27)28-19-15(11-21-22(19)3)18(23)14-7-8-16-17-13(14)6-5-9-20(17,2)12-29(16,24)25/h7-8,11H,4-6,9-10,12H2,1-3H3. The second-order valence-electron chi connectivity index (χ2n) is 8.30. The SMILES string of the molecule is CCCS(=O)(=O)Oc1c(C(=O)c2ccc3c4c2CCCC4(C)CS3(=O)=O)cnn1C. The molecule has 8 nitrogen and oxygen atoms in total. The highest BCUT2D eigenvalue weighted by Gasteiger charge is 2.47. The highest BCUT2D eigenvalue weighted by molar-refractivity contribution is 7.91. The van der Waals surface area contributed by atoms with Crippen LogP contribution in [0.3, 0.4) is 0 Å². The Kier molecular flexibility index (Phi) is 4.85. The van der Waals surface area contributed by atoms with E-state index in [4.69, 9.17) is 4.18 Å². The van der Waals surface area contributed by atoms with Crippen molar-refractivity contribution in [2.45, 2.75) is 49.8 Å². The summed E-state index contributed by atoms with van der Waals surface area (Å²) in [5.74, 6) is -0.675. The monoisotopic (exact) mass is 452 g/mol. The lowest BCUT2D eigenvalue weighted by molar-refractivity contribution is 0.103. The van der Waals surface area contributed by atoms with Gasteiger partial charge in [0.1, 0.15) is 5.56 Å². The van der Waals surface area contributed by atoms with E-state index in [0.717, 1.165) is 24.0 Å². The number of aromatic nitrogens is 2. The number of carbonyl (C=O) groups excluding carboxylic acids is 1. The summed E-state index contributed by atoms with van der Waals surface area (Å²) in [4.78, 5) is 13.7. The fourth-order valence-corrected chi connectivity index (χ4v) is 7.94. The summed E-state index contributed by atoms with van der Waals surface area (Å²) < 4.78 is 56.0. The number of rotatable bonds is 6. The lowest BCUT2D eigenvalue weighted by atomic mass is 9.71. The zero-order chi connectivity index (χ0) is 21.9. The maximum absolute atomic E-state index is 13.4. The zero-order valence-corrected chi connectivity index (χ0v) is 18.8. The molecular weight excluding hydrogens is 428 g/mol. The minimum Gasteiger partial charge on any atom is -0.361 e. The lowest BCUT2D eigenvalue weighted by Gasteiger charge is -2.31. The minimum absolute atomic E-state index is 0.0431. The van der Waals surface area contributed by atoms with Gasteiger partial charge >= 0.3 is 10.1 Å². The molecule has 0 fully saturated rings. The summed E-state index contributed by atoms with van der Waals surface area (Å²) in [5, 5.41) is 4.01. The van der Waals surface area contributed by atoms with E-state index < -0.39 is 31.2 Å². The number of aryl methyl sites for hydroxylation is 1. The predicted molar refractivity (Wildman–Crippen MR) is 110 cm³/mol. The molecule has 0 N–H and O–H groups in total. The van der Waals surface area contributed by atoms with Crippen LogP contribution in [0, 0.1) is 0 Å². The Morgan fingerprint density at radius 1 is 1.30 bits per heavy atom. The minimum atomic E-state index is -3.86. The molecule has 0 amide bonds. The van der Waals surface area contributed by atoms with Crippen LogP contribution in [-0.4, -0.2) is 43.9 Å². The molecule has 4 rings (SSSR count). The molecule has 0 saturated carbocycles. The third-order valence-corrected chi connectivity index (χ3v) is 9.26. The molecule has 30 heavy (non-hydrogen) atoms. The van der Waals surface area contributed by atoms with E-state index in [2.05, 4.69) is 5.10 Å². The maximum atomic E-state index is 13.4. The normalized spacial score (nSPS) is 22.0. The topological polar surface area (TPSA) is 112 Å². The maximum Gasteiger partial charge on any atom is 0.310 e. The third kappa shape index (κ3) is 3.26. The molecule has 0 bridgehead atoms. The van der Waals surface area contributed by atoms with E-state index >= 15 is 0 Å². The molecule has 0 saturated heterocycles. The summed E-state index contributed by atoms with van der Waals surface area (Å²) in [7, 11) is -5.73. The van der Waals surface area contributed by atoms with Gasteiger partial charge in [-0.05, 0) is 48.9 Å². The van der Waals surface area contributed by atoms with E-state index in [1.54, 1.807) is 6.92 Å². The van der Waals surface area contributed by atoms with Crippen molar-refractivity contribution in [2.75, 3.05) is 11.5 Å². The average Bonchev–Trinajstić information content (AvgIpc) is 3.09. The summed E-state index contributed by atoms with van der Waals surface area (Å²) in [6.07, 6.45) is 3.80. The number of hydrogen-bond donors (Lipinski definition) is 0. The first kappa shape index (κ1) is 21.0. The fourth-order valence-electron chi connectivity index (χ4n) is 4.68. The van der Waals surface area contributed by atoms with Crippen molar-refractivity contribution < 1.29 is 25.8 Å². The number of ketones is 1. The molecule has 1 unspecified atom stereocenters. The number of benzene rings is 1. The predicted octanol–water partition coefficient (Wildman–Crippen LogP) is 2.15. The number of carbonyl (C=O) groups is 1. The van der Waals surface area contributed by atoms with Crippen LogP contribution in [0.1, 0.15) is 60.2 Å². The van der Waals surface area contributed by atoms with Gasteiger partial charge in [-0.25, -0.2) is 13.1 Å². The van der Waals surface area contributed by atoms with E-state index in [0.29, 0.717) is 23.3 Å². The van der Waals surface area contributed by atoms with Crippen molar-refractivity contribution in [2.24, 2.45) is 7.05 Å². The van der Waals surface area contributed by atoms with Crippen LogP contribution < -0.4 is 4.18 Å². The van der Waals surface area contributed by atoms with Gasteiger partial charge in [-0.2, -0.15) is 13.5 Å². The van der Waals surface area contributed by atoms with Gasteiger partial charge in [0, 0.05) is 18.0 Å². The van der Waals surface area contributed by atoms with Crippen molar-refractivity contribution in [3.8, 4) is 5.88 Å². The van der Waals surface area contributed by atoms with Gasteiger partial charge in [0.25, 0.3) is 0 Å². The van der Waals surface area contributed by atoms with E-state index in [1.807, 2.05) is 6.92 Å². The van der Waals surface area contributed by atoms with Gasteiger partial charge in [0.15, 0.2) is 15.6 Å². The van der Waals surface area contributed by atoms with Gasteiger partial charge in [0.05, 0.1) is 22.6 Å². The van der Waals surface area contributed by atoms with Gasteiger partial charge in [-0.3, -0.25) is 4.79 Å². The molecule has 2 aliphatic rings. The molecule has 0 spiro atoms. The van der Waals surface area contributed by atoms with E-state index in [9.17, 15) is 21.6 Å².